The molecule has 1 amide bonds. The molecule has 2 heterocycles. The van der Waals surface area contributed by atoms with E-state index in [4.69, 9.17) is 0 Å². The molecule has 1 N–H and O–H groups in total. The molecule has 0 atom stereocenters. The monoisotopic (exact) mass is 452 g/mol. The summed E-state index contributed by atoms with van der Waals surface area (Å²) in [6, 6.07) is 14.1. The van der Waals surface area contributed by atoms with Gasteiger partial charge in [0.2, 0.25) is 5.91 Å². The van der Waals surface area contributed by atoms with Crippen LogP contribution in [0.15, 0.2) is 69.1 Å². The van der Waals surface area contributed by atoms with Crippen LogP contribution in [0.3, 0.4) is 0 Å². The van der Waals surface area contributed by atoms with Crippen LogP contribution in [0.2, 0.25) is 0 Å². The Hall–Kier alpha value is -3.59. The van der Waals surface area contributed by atoms with E-state index in [9.17, 15) is 18.8 Å². The number of aromatic nitrogens is 3. The molecular weight excluding hydrogens is 431 g/mol. The predicted molar refractivity (Wildman–Crippen MR) is 124 cm³/mol. The zero-order valence-corrected chi connectivity index (χ0v) is 18.6. The van der Waals surface area contributed by atoms with Crippen molar-refractivity contribution in [3.8, 4) is 5.69 Å². The van der Waals surface area contributed by atoms with Crippen molar-refractivity contribution < 1.29 is 9.18 Å². The number of rotatable bonds is 5. The van der Waals surface area contributed by atoms with Gasteiger partial charge in [-0.2, -0.15) is 0 Å². The molecule has 0 fully saturated rings. The van der Waals surface area contributed by atoms with E-state index in [1.165, 1.54) is 28.8 Å². The van der Waals surface area contributed by atoms with E-state index in [2.05, 4.69) is 5.32 Å². The van der Waals surface area contributed by atoms with Crippen LogP contribution in [-0.2, 0) is 18.4 Å². The van der Waals surface area contributed by atoms with Crippen molar-refractivity contribution in [3.63, 3.8) is 0 Å². The van der Waals surface area contributed by atoms with Gasteiger partial charge in [-0.25, -0.2) is 13.8 Å². The lowest BCUT2D eigenvalue weighted by Crippen LogP contribution is -2.41. The lowest BCUT2D eigenvalue weighted by Gasteiger charge is -2.13. The molecule has 0 aliphatic rings. The number of thioether (sulfide) groups is 1. The van der Waals surface area contributed by atoms with E-state index >= 15 is 0 Å². The van der Waals surface area contributed by atoms with Gasteiger partial charge < -0.3 is 9.88 Å². The number of aryl methyl sites for hydroxylation is 2. The second-order valence-electron chi connectivity index (χ2n) is 7.34. The number of nitrogens with zero attached hydrogens (tertiary/aromatic N) is 3. The van der Waals surface area contributed by atoms with Crippen LogP contribution in [-0.4, -0.2) is 25.9 Å². The van der Waals surface area contributed by atoms with E-state index < -0.39 is 23.0 Å². The number of carbonyl (C=O) groups excluding carboxylic acids is 1. The smallest absolute Gasteiger partial charge is 0.336 e. The van der Waals surface area contributed by atoms with E-state index in [0.717, 1.165) is 15.2 Å². The van der Waals surface area contributed by atoms with Crippen molar-refractivity contribution in [2.24, 2.45) is 7.05 Å². The van der Waals surface area contributed by atoms with E-state index in [1.54, 1.807) is 35.5 Å². The first-order valence-corrected chi connectivity index (χ1v) is 11.0. The molecule has 0 bridgehead atoms. The summed E-state index contributed by atoms with van der Waals surface area (Å²) < 4.78 is 17.3. The summed E-state index contributed by atoms with van der Waals surface area (Å²) in [5.41, 5.74) is 1.04. The largest absolute Gasteiger partial charge is 0.342 e. The van der Waals surface area contributed by atoms with Gasteiger partial charge in [-0.3, -0.25) is 14.2 Å². The third-order valence-corrected chi connectivity index (χ3v) is 6.04. The topological polar surface area (TPSA) is 78.0 Å². The van der Waals surface area contributed by atoms with Crippen LogP contribution in [0.5, 0.6) is 0 Å². The van der Waals surface area contributed by atoms with Crippen molar-refractivity contribution in [3.05, 3.63) is 86.9 Å². The Balaban J connectivity index is 1.84. The fourth-order valence-electron chi connectivity index (χ4n) is 3.60. The van der Waals surface area contributed by atoms with Crippen molar-refractivity contribution >= 4 is 34.4 Å². The molecule has 2 aromatic heterocycles. The molecule has 32 heavy (non-hydrogen) atoms. The summed E-state index contributed by atoms with van der Waals surface area (Å²) >= 11 is 1.55. The second kappa shape index (κ2) is 8.51. The molecule has 0 aliphatic heterocycles. The van der Waals surface area contributed by atoms with Gasteiger partial charge in [-0.15, -0.1) is 11.8 Å². The Kier molecular flexibility index (Phi) is 5.75. The first kappa shape index (κ1) is 21.6. The number of carbonyl (C=O) groups is 1. The Morgan fingerprint density at radius 2 is 1.81 bits per heavy atom. The van der Waals surface area contributed by atoms with Gasteiger partial charge in [0.15, 0.2) is 0 Å². The highest BCUT2D eigenvalue weighted by molar-refractivity contribution is 7.98. The second-order valence-corrected chi connectivity index (χ2v) is 8.22. The van der Waals surface area contributed by atoms with Crippen LogP contribution in [0.4, 0.5) is 10.1 Å². The molecule has 9 heteroatoms. The SMILES string of the molecule is CSc1cccc(NC(=O)Cn2c(=O)n(-c3ccc(F)cc3)c(=O)c3c2cc(C)n3C)c1. The molecule has 164 valence electrons. The average molecular weight is 453 g/mol. The van der Waals surface area contributed by atoms with E-state index in [0.29, 0.717) is 11.2 Å². The molecular formula is C23H21FN4O3S. The maximum atomic E-state index is 13.4. The molecule has 4 rings (SSSR count). The molecule has 0 spiro atoms. The maximum absolute atomic E-state index is 13.4. The predicted octanol–water partition coefficient (Wildman–Crippen LogP) is 3.30. The van der Waals surface area contributed by atoms with Crippen LogP contribution in [0, 0.1) is 12.7 Å². The molecule has 7 nitrogen and oxygen atoms in total. The number of anilines is 1. The number of halogens is 1. The molecule has 0 unspecified atom stereocenters. The molecule has 0 radical (unpaired) electrons. The lowest BCUT2D eigenvalue weighted by atomic mass is 10.3. The standard InChI is InChI=1S/C23H21FN4O3S/c1-14-11-19-21(26(14)2)22(30)28(17-9-7-15(24)8-10-17)23(31)27(19)13-20(29)25-16-5-4-6-18(12-16)32-3/h4-12H,13H2,1-3H3,(H,25,29). The van der Waals surface area contributed by atoms with Gasteiger partial charge in [0, 0.05) is 23.3 Å². The van der Waals surface area contributed by atoms with Gasteiger partial charge in [0.1, 0.15) is 17.9 Å². The minimum absolute atomic E-state index is 0.226. The fraction of sp³-hybridized carbons (Fsp3) is 0.174. The average Bonchev–Trinajstić information content (AvgIpc) is 3.07. The highest BCUT2D eigenvalue weighted by Crippen LogP contribution is 2.19. The number of benzene rings is 2. The fourth-order valence-corrected chi connectivity index (χ4v) is 4.06. The summed E-state index contributed by atoms with van der Waals surface area (Å²) in [7, 11) is 1.72. The Bertz CT molecular complexity index is 1450. The van der Waals surface area contributed by atoms with Crippen LogP contribution in [0.1, 0.15) is 5.69 Å². The molecule has 4 aromatic rings. The number of hydrogen-bond donors (Lipinski definition) is 1. The van der Waals surface area contributed by atoms with E-state index in [-0.39, 0.29) is 17.7 Å². The third kappa shape index (κ3) is 3.87. The van der Waals surface area contributed by atoms with Crippen LogP contribution < -0.4 is 16.6 Å². The number of nitrogens with one attached hydrogen (secondary N) is 1. The summed E-state index contributed by atoms with van der Waals surface area (Å²) in [4.78, 5) is 40.4. The minimum Gasteiger partial charge on any atom is -0.342 e. The van der Waals surface area contributed by atoms with Gasteiger partial charge in [0.05, 0.1) is 11.2 Å². The summed E-state index contributed by atoms with van der Waals surface area (Å²) in [5, 5.41) is 2.80. The number of hydrogen-bond acceptors (Lipinski definition) is 4. The molecule has 0 saturated carbocycles. The van der Waals surface area contributed by atoms with E-state index in [1.807, 2.05) is 31.4 Å². The van der Waals surface area contributed by atoms with Gasteiger partial charge in [-0.05, 0) is 61.7 Å². The summed E-state index contributed by atoms with van der Waals surface area (Å²) in [6.07, 6.45) is 1.94. The molecule has 2 aromatic carbocycles. The number of amides is 1. The first-order valence-electron chi connectivity index (χ1n) is 9.82. The summed E-state index contributed by atoms with van der Waals surface area (Å²) in [5.74, 6) is -0.887. The van der Waals surface area contributed by atoms with Crippen molar-refractivity contribution in [2.45, 2.75) is 18.4 Å². The lowest BCUT2D eigenvalue weighted by molar-refractivity contribution is -0.116. The Morgan fingerprint density at radius 3 is 2.50 bits per heavy atom. The van der Waals surface area contributed by atoms with Gasteiger partial charge in [-0.1, -0.05) is 6.07 Å². The van der Waals surface area contributed by atoms with Crippen molar-refractivity contribution in [1.82, 2.24) is 13.7 Å². The zero-order chi connectivity index (χ0) is 23.0. The molecule has 0 aliphatic carbocycles. The quantitative estimate of drug-likeness (QED) is 0.472. The highest BCUT2D eigenvalue weighted by atomic mass is 32.2. The Labute approximate surface area is 187 Å². The summed E-state index contributed by atoms with van der Waals surface area (Å²) in [6.45, 7) is 1.52. The van der Waals surface area contributed by atoms with Gasteiger partial charge in [0.25, 0.3) is 5.56 Å². The molecule has 0 saturated heterocycles. The van der Waals surface area contributed by atoms with Crippen molar-refractivity contribution in [2.75, 3.05) is 11.6 Å². The first-order chi connectivity index (χ1) is 15.3. The third-order valence-electron chi connectivity index (χ3n) is 5.31. The van der Waals surface area contributed by atoms with Crippen LogP contribution in [0.25, 0.3) is 16.7 Å². The highest BCUT2D eigenvalue weighted by Gasteiger charge is 2.20. The normalized spacial score (nSPS) is 11.1. The van der Waals surface area contributed by atoms with Crippen molar-refractivity contribution in [1.29, 1.82) is 0 Å². The number of fused-ring (bicyclic) bond motifs is 1. The zero-order valence-electron chi connectivity index (χ0n) is 17.8. The van der Waals surface area contributed by atoms with Gasteiger partial charge >= 0.3 is 5.69 Å². The minimum atomic E-state index is -0.673. The Morgan fingerprint density at radius 1 is 1.09 bits per heavy atom. The maximum Gasteiger partial charge on any atom is 0.336 e. The van der Waals surface area contributed by atoms with Crippen LogP contribution >= 0.6 is 11.8 Å².